The highest BCUT2D eigenvalue weighted by Gasteiger charge is 2.41. The number of hydrogen-bond acceptors (Lipinski definition) is 22. The van der Waals surface area contributed by atoms with Crippen molar-refractivity contribution in [3.8, 4) is 0 Å². The van der Waals surface area contributed by atoms with E-state index in [0.717, 1.165) is 127 Å². The second-order valence-corrected chi connectivity index (χ2v) is 40.3. The molecule has 6 aromatic carbocycles. The van der Waals surface area contributed by atoms with Crippen LogP contribution in [-0.2, 0) is 49.9 Å². The van der Waals surface area contributed by atoms with Gasteiger partial charge < -0.3 is 39.2 Å². The molecule has 0 aliphatic carbocycles. The summed E-state index contributed by atoms with van der Waals surface area (Å²) in [5, 5.41) is 49.4. The summed E-state index contributed by atoms with van der Waals surface area (Å²) in [6.45, 7) is 28.8. The summed E-state index contributed by atoms with van der Waals surface area (Å²) < 4.78 is 102. The van der Waals surface area contributed by atoms with E-state index in [-0.39, 0.29) is 29.4 Å². The van der Waals surface area contributed by atoms with Crippen molar-refractivity contribution in [1.82, 2.24) is 92.9 Å². The number of nitrogens with one attached hydrogen (secondary N) is 7. The number of carbonyl (C=O) groups is 2. The summed E-state index contributed by atoms with van der Waals surface area (Å²) in [5.41, 5.74) is 12.1. The molecule has 6 fully saturated rings. The van der Waals surface area contributed by atoms with Crippen LogP contribution in [0.5, 0.6) is 0 Å². The predicted octanol–water partition coefficient (Wildman–Crippen LogP) is 7.53. The van der Waals surface area contributed by atoms with Gasteiger partial charge in [-0.25, -0.2) is 30.0 Å². The van der Waals surface area contributed by atoms with E-state index >= 15 is 0 Å². The fourth-order valence-corrected chi connectivity index (χ4v) is 21.6. The molecular formula is C80H108ClN25O10S4. The Labute approximate surface area is 705 Å². The third-order valence-electron chi connectivity index (χ3n) is 22.9. The molecule has 120 heavy (non-hydrogen) atoms. The van der Waals surface area contributed by atoms with Crippen molar-refractivity contribution >= 4 is 163 Å². The molecule has 6 aliphatic heterocycles. The molecule has 2 atom stereocenters. The van der Waals surface area contributed by atoms with Crippen LogP contribution in [-0.4, -0.2) is 314 Å². The Hall–Kier alpha value is -10.2. The van der Waals surface area contributed by atoms with Crippen LogP contribution in [0.2, 0.25) is 5.02 Å². The smallest absolute Gasteiger partial charge is 0.279 e. The molecule has 18 rings (SSSR count). The van der Waals surface area contributed by atoms with E-state index in [1.165, 1.54) is 45.8 Å². The number of piperazine rings is 6. The molecule has 7 N–H and O–H groups in total. The van der Waals surface area contributed by atoms with Crippen LogP contribution < -0.4 is 34.1 Å². The monoisotopic (exact) mass is 1740 g/mol. The number of fused-ring (bicyclic) bond motifs is 6. The first-order valence-electron chi connectivity index (χ1n) is 39.8. The third-order valence-corrected chi connectivity index (χ3v) is 28.9. The number of benzene rings is 6. The number of hydrogen-bond donors (Lipinski definition) is 7. The number of halogens is 1. The molecule has 12 heterocycles. The van der Waals surface area contributed by atoms with E-state index in [1.54, 1.807) is 34.9 Å². The highest BCUT2D eigenvalue weighted by molar-refractivity contribution is 7.89. The van der Waals surface area contributed by atoms with E-state index in [2.05, 4.69) is 140 Å². The van der Waals surface area contributed by atoms with Crippen LogP contribution in [0.25, 0.3) is 65.4 Å². The second-order valence-electron chi connectivity index (χ2n) is 32.2. The van der Waals surface area contributed by atoms with Gasteiger partial charge in [0.25, 0.3) is 10.2 Å². The van der Waals surface area contributed by atoms with Gasteiger partial charge in [-0.05, 0) is 114 Å². The van der Waals surface area contributed by atoms with Gasteiger partial charge in [0.2, 0.25) is 41.9 Å². The number of anilines is 6. The van der Waals surface area contributed by atoms with Crippen molar-refractivity contribution < 1.29 is 43.3 Å². The Kier molecular flexibility index (Phi) is 26.4. The summed E-state index contributed by atoms with van der Waals surface area (Å²) in [6, 6.07) is 34.4. The Balaban J connectivity index is 0.000000124. The van der Waals surface area contributed by atoms with Gasteiger partial charge in [0.1, 0.15) is 0 Å². The minimum atomic E-state index is -3.32. The van der Waals surface area contributed by atoms with Gasteiger partial charge in [-0.3, -0.25) is 40.2 Å². The molecule has 644 valence electrons. The van der Waals surface area contributed by atoms with E-state index in [4.69, 9.17) is 11.6 Å². The first-order chi connectivity index (χ1) is 57.0. The van der Waals surface area contributed by atoms with Gasteiger partial charge in [-0.2, -0.15) is 56.2 Å². The molecule has 2 amide bonds. The molecule has 35 nitrogen and oxygen atoms in total. The van der Waals surface area contributed by atoms with Gasteiger partial charge in [-0.15, -0.1) is 0 Å². The molecule has 2 unspecified atom stereocenters. The number of carbonyl (C=O) groups excluding carboxylic acids is 2. The predicted molar refractivity (Wildman–Crippen MR) is 476 cm³/mol. The second kappa shape index (κ2) is 36.2. The molecule has 0 bridgehead atoms. The minimum Gasteiger partial charge on any atom is -0.368 e. The lowest BCUT2D eigenvalue weighted by Crippen LogP contribution is -2.60. The van der Waals surface area contributed by atoms with Crippen LogP contribution in [0.3, 0.4) is 0 Å². The Morgan fingerprint density at radius 1 is 0.392 bits per heavy atom. The van der Waals surface area contributed by atoms with E-state index in [1.807, 2.05) is 134 Å². The molecular weight excluding hydrogens is 1630 g/mol. The normalized spacial score (nSPS) is 19.3. The van der Waals surface area contributed by atoms with Crippen molar-refractivity contribution in [3.63, 3.8) is 0 Å². The van der Waals surface area contributed by atoms with Gasteiger partial charge in [0.15, 0.2) is 0 Å². The van der Waals surface area contributed by atoms with Crippen molar-refractivity contribution in [2.24, 2.45) is 0 Å². The first-order valence-corrected chi connectivity index (χ1v) is 47.2. The maximum Gasteiger partial charge on any atom is 0.279 e. The average molecular weight is 1740 g/mol. The highest BCUT2D eigenvalue weighted by atomic mass is 35.5. The highest BCUT2D eigenvalue weighted by Crippen LogP contribution is 2.37. The summed E-state index contributed by atoms with van der Waals surface area (Å²) in [7, 11) is -11.3. The summed E-state index contributed by atoms with van der Waals surface area (Å²) in [5.74, 6) is 0.310. The third kappa shape index (κ3) is 19.9. The Bertz CT molecular complexity index is 6080. The Morgan fingerprint density at radius 3 is 1.11 bits per heavy atom. The Morgan fingerprint density at radius 2 is 0.742 bits per heavy atom. The standard InChI is InChI=1S/C15H20N4O.C14H20N4O2S.C14H18N4O.C13H18N4O2S.C12H15ClN4O2S.C12H17N5O2S/c1-11(20)19-8-7-18(10-15(19,2)3)14-6-4-5-13-12(14)9-16-17-13;1-14(2)10-17(7-8-18(14)21(3,19)20)13-6-4-5-12-11(13)9-15-16-12;1-10-9-17(6-7-18(10)11(2)19)14-5-3-4-13-12(14)8-15-16-13;1-10-9-16(6-7-17(10)20(2,18)19)13-5-3-4-12-11(13)8-14-15-12;1-20(18,19)17-4-2-16(3-5-17)12-7-9(13)6-11-10(12)8-14-15-11;1-13-20(18,19)17-7-5-16(6-8-17)12-4-2-3-11-10(12)9-14-15-11/h4-6,9H,7-8,10H2,1-3H3,(H,16,17);4-6,9H,7-8,10H2,1-3H3,(H,15,16);3-5,8,10H,6-7,9H2,1-2H3,(H,15,16);3-5,8,10H,6-7,9H2,1-2H3,(H,14,15);6-8H,2-5H2,1H3,(H,14,15);2-4,9,13H,5-8H2,1H3,(H,14,15). The van der Waals surface area contributed by atoms with Crippen LogP contribution in [0.15, 0.2) is 140 Å². The molecule has 0 saturated carbocycles. The van der Waals surface area contributed by atoms with Crippen molar-refractivity contribution in [3.05, 3.63) is 145 Å². The summed E-state index contributed by atoms with van der Waals surface area (Å²) in [4.78, 5) is 40.6. The van der Waals surface area contributed by atoms with Crippen molar-refractivity contribution in [2.45, 2.75) is 78.6 Å². The largest absolute Gasteiger partial charge is 0.368 e. The fraction of sp³-hybridized carbons (Fsp3) is 0.450. The first kappa shape index (κ1) is 87.6. The SMILES string of the molecule is CC(=O)N1CCN(c2cccc3[nH]ncc23)CC1(C)C.CC(=O)N1CCN(c2cccc3[nH]ncc23)CC1C.CC1(C)CN(c2cccc3[nH]ncc23)CCN1S(C)(=O)=O.CC1CN(c2cccc3[nH]ncc23)CCN1S(C)(=O)=O.CNS(=O)(=O)N1CCN(c2cccc3[nH]ncc23)CC1.CS(=O)(=O)N1CCN(c2cc(Cl)cc3[nH]ncc23)CC1. The average Bonchev–Trinajstić information content (AvgIpc) is 0.897. The maximum atomic E-state index is 11.9. The van der Waals surface area contributed by atoms with Gasteiger partial charge >= 0.3 is 0 Å². The van der Waals surface area contributed by atoms with Crippen LogP contribution in [0, 0.1) is 0 Å². The lowest BCUT2D eigenvalue weighted by molar-refractivity contribution is -0.134. The van der Waals surface area contributed by atoms with Crippen LogP contribution >= 0.6 is 11.6 Å². The molecule has 6 saturated heterocycles. The van der Waals surface area contributed by atoms with Gasteiger partial charge in [0.05, 0.1) is 94.6 Å². The van der Waals surface area contributed by atoms with E-state index < -0.39 is 45.8 Å². The molecule has 6 aromatic heterocycles. The zero-order valence-electron chi connectivity index (χ0n) is 69.7. The number of aromatic nitrogens is 12. The zero-order chi connectivity index (χ0) is 85.8. The molecule has 40 heteroatoms. The molecule has 12 aromatic rings. The minimum absolute atomic E-state index is 0.0269. The maximum absolute atomic E-state index is 11.9. The topological polar surface area (TPSA) is 394 Å². The summed E-state index contributed by atoms with van der Waals surface area (Å²) in [6.07, 6.45) is 14.7. The number of sulfonamides is 3. The van der Waals surface area contributed by atoms with E-state index in [9.17, 15) is 43.3 Å². The van der Waals surface area contributed by atoms with Crippen molar-refractivity contribution in [1.29, 1.82) is 0 Å². The fourth-order valence-electron chi connectivity index (χ4n) is 17.2. The number of nitrogens with zero attached hydrogens (tertiary/aromatic N) is 18. The number of rotatable bonds is 11. The van der Waals surface area contributed by atoms with Gasteiger partial charge in [-0.1, -0.05) is 41.9 Å². The lowest BCUT2D eigenvalue weighted by atomic mass is 9.97. The summed E-state index contributed by atoms with van der Waals surface area (Å²) >= 11 is 6.12. The van der Waals surface area contributed by atoms with E-state index in [0.29, 0.717) is 96.6 Å². The van der Waals surface area contributed by atoms with Gasteiger partial charge in [0, 0.05) is 241 Å². The quantitative estimate of drug-likeness (QED) is 0.0657. The molecule has 6 aliphatic rings. The van der Waals surface area contributed by atoms with Crippen molar-refractivity contribution in [2.75, 3.05) is 186 Å². The molecule has 0 spiro atoms. The number of aromatic amines is 6. The lowest BCUT2D eigenvalue weighted by Gasteiger charge is -2.47. The molecule has 0 radical (unpaired) electrons. The number of H-pyrrole nitrogens is 6. The van der Waals surface area contributed by atoms with Crippen LogP contribution in [0.4, 0.5) is 34.1 Å². The zero-order valence-corrected chi connectivity index (χ0v) is 73.7. The number of amides is 2. The van der Waals surface area contributed by atoms with Crippen LogP contribution in [0.1, 0.15) is 55.4 Å².